The van der Waals surface area contributed by atoms with Gasteiger partial charge in [-0.25, -0.2) is 0 Å². The Balaban J connectivity index is 2.03. The zero-order chi connectivity index (χ0) is 20.6. The second kappa shape index (κ2) is 10.2. The summed E-state index contributed by atoms with van der Waals surface area (Å²) in [4.78, 5) is 26.9. The van der Waals surface area contributed by atoms with E-state index < -0.39 is 5.60 Å². The van der Waals surface area contributed by atoms with Gasteiger partial charge in [0.2, 0.25) is 0 Å². The van der Waals surface area contributed by atoms with Gasteiger partial charge in [0.15, 0.2) is 0 Å². The zero-order valence-corrected chi connectivity index (χ0v) is 17.4. The SMILES string of the molecule is C[C@@H](C(=O)CCC(=O)OC(C)(C)C)N(Cc1ccccc1)Cc1ccccc1. The molecule has 0 aliphatic carbocycles. The number of carbonyl (C=O) groups excluding carboxylic acids is 2. The van der Waals surface area contributed by atoms with Gasteiger partial charge < -0.3 is 4.74 Å². The van der Waals surface area contributed by atoms with Crippen molar-refractivity contribution in [1.82, 2.24) is 4.90 Å². The van der Waals surface area contributed by atoms with Crippen molar-refractivity contribution in [1.29, 1.82) is 0 Å². The first-order valence-electron chi connectivity index (χ1n) is 9.81. The molecule has 4 heteroatoms. The number of benzene rings is 2. The van der Waals surface area contributed by atoms with E-state index in [-0.39, 0.29) is 30.6 Å². The molecule has 0 bridgehead atoms. The fraction of sp³-hybridized carbons (Fsp3) is 0.417. The van der Waals surface area contributed by atoms with Crippen molar-refractivity contribution in [2.24, 2.45) is 0 Å². The molecule has 0 radical (unpaired) electrons. The van der Waals surface area contributed by atoms with E-state index in [1.54, 1.807) is 0 Å². The van der Waals surface area contributed by atoms with E-state index in [1.165, 1.54) is 0 Å². The third kappa shape index (κ3) is 7.65. The van der Waals surface area contributed by atoms with Gasteiger partial charge in [-0.2, -0.15) is 0 Å². The molecular formula is C24H31NO3. The van der Waals surface area contributed by atoms with Gasteiger partial charge in [-0.15, -0.1) is 0 Å². The van der Waals surface area contributed by atoms with Crippen molar-refractivity contribution < 1.29 is 14.3 Å². The third-order valence-electron chi connectivity index (χ3n) is 4.47. The summed E-state index contributed by atoms with van der Waals surface area (Å²) in [6.45, 7) is 8.76. The molecule has 2 aromatic rings. The topological polar surface area (TPSA) is 46.6 Å². The number of esters is 1. The quantitative estimate of drug-likeness (QED) is 0.587. The number of ketones is 1. The molecule has 0 saturated carbocycles. The first-order valence-corrected chi connectivity index (χ1v) is 9.81. The van der Waals surface area contributed by atoms with Crippen molar-refractivity contribution in [2.45, 2.75) is 65.3 Å². The summed E-state index contributed by atoms with van der Waals surface area (Å²) in [5, 5.41) is 0. The number of Topliss-reactive ketones (excluding diaryl/α,β-unsaturated/α-hetero) is 1. The molecule has 1 atom stereocenters. The highest BCUT2D eigenvalue weighted by Crippen LogP contribution is 2.16. The second-order valence-electron chi connectivity index (χ2n) is 8.10. The van der Waals surface area contributed by atoms with Gasteiger partial charge in [-0.3, -0.25) is 14.5 Å². The van der Waals surface area contributed by atoms with Crippen LogP contribution in [0.4, 0.5) is 0 Å². The van der Waals surface area contributed by atoms with Crippen molar-refractivity contribution >= 4 is 11.8 Å². The second-order valence-corrected chi connectivity index (χ2v) is 8.10. The van der Waals surface area contributed by atoms with E-state index in [9.17, 15) is 9.59 Å². The molecule has 0 spiro atoms. The van der Waals surface area contributed by atoms with Crippen LogP contribution in [0.5, 0.6) is 0 Å². The lowest BCUT2D eigenvalue weighted by atomic mass is 10.0. The third-order valence-corrected chi connectivity index (χ3v) is 4.47. The van der Waals surface area contributed by atoms with E-state index in [4.69, 9.17) is 4.74 Å². The summed E-state index contributed by atoms with van der Waals surface area (Å²) in [6, 6.07) is 20.0. The zero-order valence-electron chi connectivity index (χ0n) is 17.4. The van der Waals surface area contributed by atoms with Crippen molar-refractivity contribution in [3.63, 3.8) is 0 Å². The number of carbonyl (C=O) groups is 2. The van der Waals surface area contributed by atoms with Gasteiger partial charge in [0, 0.05) is 19.5 Å². The smallest absolute Gasteiger partial charge is 0.306 e. The van der Waals surface area contributed by atoms with Crippen LogP contribution in [0, 0.1) is 0 Å². The minimum atomic E-state index is -0.529. The maximum atomic E-state index is 12.8. The predicted octanol–water partition coefficient (Wildman–Crippen LogP) is 4.77. The fourth-order valence-electron chi connectivity index (χ4n) is 3.00. The van der Waals surface area contributed by atoms with Gasteiger partial charge in [-0.05, 0) is 38.8 Å². The Hall–Kier alpha value is -2.46. The summed E-state index contributed by atoms with van der Waals surface area (Å²) in [5.41, 5.74) is 1.79. The summed E-state index contributed by atoms with van der Waals surface area (Å²) < 4.78 is 5.31. The van der Waals surface area contributed by atoms with Gasteiger partial charge in [0.25, 0.3) is 0 Å². The Labute approximate surface area is 168 Å². The van der Waals surface area contributed by atoms with E-state index >= 15 is 0 Å². The largest absolute Gasteiger partial charge is 0.460 e. The van der Waals surface area contributed by atoms with Crippen LogP contribution in [0.25, 0.3) is 0 Å². The van der Waals surface area contributed by atoms with Crippen molar-refractivity contribution in [3.05, 3.63) is 71.8 Å². The molecule has 0 fully saturated rings. The molecule has 150 valence electrons. The summed E-state index contributed by atoms with van der Waals surface area (Å²) in [7, 11) is 0. The van der Waals surface area contributed by atoms with Crippen LogP contribution in [0.15, 0.2) is 60.7 Å². The maximum absolute atomic E-state index is 12.8. The molecule has 0 heterocycles. The average molecular weight is 382 g/mol. The average Bonchev–Trinajstić information content (AvgIpc) is 2.65. The maximum Gasteiger partial charge on any atom is 0.306 e. The van der Waals surface area contributed by atoms with Crippen LogP contribution >= 0.6 is 0 Å². The molecule has 4 nitrogen and oxygen atoms in total. The summed E-state index contributed by atoms with van der Waals surface area (Å²) >= 11 is 0. The van der Waals surface area contributed by atoms with E-state index in [2.05, 4.69) is 29.2 Å². The number of rotatable bonds is 9. The molecule has 0 amide bonds. The molecule has 0 N–H and O–H groups in total. The van der Waals surface area contributed by atoms with Crippen LogP contribution in [0.1, 0.15) is 51.7 Å². The number of hydrogen-bond acceptors (Lipinski definition) is 4. The van der Waals surface area contributed by atoms with Crippen molar-refractivity contribution in [3.8, 4) is 0 Å². The van der Waals surface area contributed by atoms with E-state index in [1.807, 2.05) is 64.1 Å². The molecule has 0 saturated heterocycles. The molecule has 0 aliphatic heterocycles. The molecule has 2 aromatic carbocycles. The number of ether oxygens (including phenoxy) is 1. The Bertz CT molecular complexity index is 709. The van der Waals surface area contributed by atoms with Crippen LogP contribution in [0.2, 0.25) is 0 Å². The minimum absolute atomic E-state index is 0.0534. The summed E-state index contributed by atoms with van der Waals surface area (Å²) in [6.07, 6.45) is 0.307. The van der Waals surface area contributed by atoms with E-state index in [0.29, 0.717) is 13.1 Å². The minimum Gasteiger partial charge on any atom is -0.460 e. The molecule has 2 rings (SSSR count). The first kappa shape index (κ1) is 21.8. The van der Waals surface area contributed by atoms with Crippen LogP contribution in [-0.4, -0.2) is 28.3 Å². The standard InChI is InChI=1S/C24H31NO3/c1-19(22(26)15-16-23(27)28-24(2,3)4)25(17-20-11-7-5-8-12-20)18-21-13-9-6-10-14-21/h5-14,19H,15-18H2,1-4H3/t19-/m0/s1. The van der Waals surface area contributed by atoms with Crippen LogP contribution < -0.4 is 0 Å². The van der Waals surface area contributed by atoms with Gasteiger partial charge in [0.05, 0.1) is 12.5 Å². The monoisotopic (exact) mass is 381 g/mol. The van der Waals surface area contributed by atoms with Gasteiger partial charge >= 0.3 is 5.97 Å². The Morgan fingerprint density at radius 3 is 1.75 bits per heavy atom. The molecule has 0 aliphatic rings. The normalized spacial score (nSPS) is 12.6. The Morgan fingerprint density at radius 1 is 0.857 bits per heavy atom. The highest BCUT2D eigenvalue weighted by Gasteiger charge is 2.23. The van der Waals surface area contributed by atoms with Gasteiger partial charge in [0.1, 0.15) is 11.4 Å². The summed E-state index contributed by atoms with van der Waals surface area (Å²) in [5.74, 6) is -0.275. The first-order chi connectivity index (χ1) is 13.2. The number of hydrogen-bond donors (Lipinski definition) is 0. The predicted molar refractivity (Wildman–Crippen MR) is 112 cm³/mol. The Morgan fingerprint density at radius 2 is 1.32 bits per heavy atom. The molecule has 0 unspecified atom stereocenters. The fourth-order valence-corrected chi connectivity index (χ4v) is 3.00. The lowest BCUT2D eigenvalue weighted by Gasteiger charge is -2.28. The molecule has 28 heavy (non-hydrogen) atoms. The highest BCUT2D eigenvalue weighted by atomic mass is 16.6. The number of nitrogens with zero attached hydrogens (tertiary/aromatic N) is 1. The highest BCUT2D eigenvalue weighted by molar-refractivity contribution is 5.86. The van der Waals surface area contributed by atoms with Gasteiger partial charge in [-0.1, -0.05) is 60.7 Å². The molecule has 0 aromatic heterocycles. The van der Waals surface area contributed by atoms with Crippen molar-refractivity contribution in [2.75, 3.05) is 0 Å². The lowest BCUT2D eigenvalue weighted by molar-refractivity contribution is -0.155. The van der Waals surface area contributed by atoms with Crippen LogP contribution in [-0.2, 0) is 27.4 Å². The van der Waals surface area contributed by atoms with E-state index in [0.717, 1.165) is 11.1 Å². The van der Waals surface area contributed by atoms with Crippen LogP contribution in [0.3, 0.4) is 0 Å². The Kier molecular flexibility index (Phi) is 7.94. The molecular weight excluding hydrogens is 350 g/mol. The lowest BCUT2D eigenvalue weighted by Crippen LogP contribution is -2.38.